The molecule has 106 valence electrons. The Bertz CT molecular complexity index is 389. The minimum Gasteiger partial charge on any atom is -0.497 e. The van der Waals surface area contributed by atoms with Crippen LogP contribution in [0, 0.1) is 0 Å². The van der Waals surface area contributed by atoms with Gasteiger partial charge in [-0.25, -0.2) is 0 Å². The maximum absolute atomic E-state index is 5.31. The van der Waals surface area contributed by atoms with Crippen LogP contribution in [-0.4, -0.2) is 19.8 Å². The summed E-state index contributed by atoms with van der Waals surface area (Å²) in [7, 11) is 3.38. The summed E-state index contributed by atoms with van der Waals surface area (Å²) in [5.74, 6) is 1.70. The number of hydrogen-bond donors (Lipinski definition) is 1. The molecule has 0 radical (unpaired) electrons. The van der Waals surface area contributed by atoms with E-state index >= 15 is 0 Å². The van der Waals surface area contributed by atoms with E-state index in [2.05, 4.69) is 24.4 Å². The number of ether oxygens (including phenoxy) is 2. The molecule has 0 saturated heterocycles. The third-order valence-electron chi connectivity index (χ3n) is 4.09. The van der Waals surface area contributed by atoms with E-state index in [0.29, 0.717) is 0 Å². The Labute approximate surface area is 116 Å². The molecule has 3 nitrogen and oxygen atoms in total. The molecule has 0 amide bonds. The van der Waals surface area contributed by atoms with E-state index in [1.807, 2.05) is 6.07 Å². The highest BCUT2D eigenvalue weighted by Crippen LogP contribution is 2.28. The quantitative estimate of drug-likeness (QED) is 0.881. The lowest BCUT2D eigenvalue weighted by Crippen LogP contribution is -2.43. The lowest BCUT2D eigenvalue weighted by atomic mass is 9.83. The summed E-state index contributed by atoms with van der Waals surface area (Å²) in [6.07, 6.45) is 6.60. The Morgan fingerprint density at radius 3 is 2.11 bits per heavy atom. The van der Waals surface area contributed by atoms with Crippen molar-refractivity contribution >= 4 is 0 Å². The first-order chi connectivity index (χ1) is 9.15. The maximum Gasteiger partial charge on any atom is 0.122 e. The Hall–Kier alpha value is -1.22. The van der Waals surface area contributed by atoms with Gasteiger partial charge in [0.05, 0.1) is 14.2 Å². The van der Waals surface area contributed by atoms with Crippen LogP contribution < -0.4 is 14.8 Å². The summed E-state index contributed by atoms with van der Waals surface area (Å²) in [6, 6.07) is 6.05. The molecule has 1 aromatic carbocycles. The van der Waals surface area contributed by atoms with Gasteiger partial charge in [0, 0.05) is 18.2 Å². The van der Waals surface area contributed by atoms with Gasteiger partial charge in [-0.15, -0.1) is 0 Å². The predicted octanol–water partition coefficient (Wildman–Crippen LogP) is 3.52. The third-order valence-corrected chi connectivity index (χ3v) is 4.09. The number of nitrogens with one attached hydrogen (secondary N) is 1. The summed E-state index contributed by atoms with van der Waals surface area (Å²) in [4.78, 5) is 0. The zero-order chi connectivity index (χ0) is 13.7. The number of hydrogen-bond acceptors (Lipinski definition) is 3. The number of benzene rings is 1. The highest BCUT2D eigenvalue weighted by molar-refractivity contribution is 5.38. The minimum atomic E-state index is 0.286. The summed E-state index contributed by atoms with van der Waals surface area (Å²) < 4.78 is 10.6. The lowest BCUT2D eigenvalue weighted by molar-refractivity contribution is 0.252. The Morgan fingerprint density at radius 1 is 1.00 bits per heavy atom. The van der Waals surface area contributed by atoms with Crippen LogP contribution in [0.15, 0.2) is 18.2 Å². The van der Waals surface area contributed by atoms with E-state index in [-0.39, 0.29) is 5.54 Å². The van der Waals surface area contributed by atoms with E-state index in [1.54, 1.807) is 14.2 Å². The smallest absolute Gasteiger partial charge is 0.122 e. The molecule has 1 aromatic rings. The molecule has 0 aromatic heterocycles. The Morgan fingerprint density at radius 2 is 1.58 bits per heavy atom. The minimum absolute atomic E-state index is 0.286. The zero-order valence-electron chi connectivity index (χ0n) is 12.3. The molecule has 0 heterocycles. The topological polar surface area (TPSA) is 30.5 Å². The third kappa shape index (κ3) is 3.87. The van der Waals surface area contributed by atoms with E-state index in [4.69, 9.17) is 9.47 Å². The van der Waals surface area contributed by atoms with Crippen LogP contribution in [0.5, 0.6) is 11.5 Å². The fourth-order valence-electron chi connectivity index (χ4n) is 2.79. The van der Waals surface area contributed by atoms with Crippen molar-refractivity contribution in [3.8, 4) is 11.5 Å². The number of methoxy groups -OCH3 is 2. The molecule has 1 saturated carbocycles. The van der Waals surface area contributed by atoms with Crippen molar-refractivity contribution in [1.29, 1.82) is 0 Å². The van der Waals surface area contributed by atoms with Gasteiger partial charge in [0.1, 0.15) is 11.5 Å². The van der Waals surface area contributed by atoms with Gasteiger partial charge in [-0.1, -0.05) is 19.3 Å². The van der Waals surface area contributed by atoms with Crippen LogP contribution in [0.2, 0.25) is 0 Å². The highest BCUT2D eigenvalue weighted by atomic mass is 16.5. The van der Waals surface area contributed by atoms with E-state index < -0.39 is 0 Å². The average molecular weight is 263 g/mol. The van der Waals surface area contributed by atoms with Crippen LogP contribution in [-0.2, 0) is 6.54 Å². The highest BCUT2D eigenvalue weighted by Gasteiger charge is 2.25. The largest absolute Gasteiger partial charge is 0.497 e. The molecule has 1 fully saturated rings. The van der Waals surface area contributed by atoms with Crippen LogP contribution in [0.4, 0.5) is 0 Å². The van der Waals surface area contributed by atoms with Crippen LogP contribution >= 0.6 is 0 Å². The van der Waals surface area contributed by atoms with Crippen molar-refractivity contribution in [2.75, 3.05) is 14.2 Å². The predicted molar refractivity (Wildman–Crippen MR) is 77.9 cm³/mol. The molecule has 1 aliphatic carbocycles. The van der Waals surface area contributed by atoms with Crippen molar-refractivity contribution in [3.05, 3.63) is 23.8 Å². The van der Waals surface area contributed by atoms with Gasteiger partial charge in [0.2, 0.25) is 0 Å². The summed E-state index contributed by atoms with van der Waals surface area (Å²) in [5.41, 5.74) is 1.50. The van der Waals surface area contributed by atoms with Gasteiger partial charge in [-0.2, -0.15) is 0 Å². The molecular weight excluding hydrogens is 238 g/mol. The fraction of sp³-hybridized carbons (Fsp3) is 0.625. The SMILES string of the molecule is COc1cc(CNC2(C)CCCCC2)cc(OC)c1. The Balaban J connectivity index is 2.02. The molecule has 0 aliphatic heterocycles. The first kappa shape index (κ1) is 14.2. The van der Waals surface area contributed by atoms with Gasteiger partial charge >= 0.3 is 0 Å². The molecule has 2 rings (SSSR count). The van der Waals surface area contributed by atoms with Gasteiger partial charge < -0.3 is 14.8 Å². The normalized spacial score (nSPS) is 18.1. The molecule has 19 heavy (non-hydrogen) atoms. The second-order valence-corrected chi connectivity index (χ2v) is 5.70. The number of rotatable bonds is 5. The molecular formula is C16H25NO2. The Kier molecular flexibility index (Phi) is 4.70. The monoisotopic (exact) mass is 263 g/mol. The second-order valence-electron chi connectivity index (χ2n) is 5.70. The zero-order valence-corrected chi connectivity index (χ0v) is 12.3. The standard InChI is InChI=1S/C16H25NO2/c1-16(7-5-4-6-8-16)17-12-13-9-14(18-2)11-15(10-13)19-3/h9-11,17H,4-8,12H2,1-3H3. The van der Waals surface area contributed by atoms with Crippen molar-refractivity contribution < 1.29 is 9.47 Å². The van der Waals surface area contributed by atoms with Gasteiger partial charge in [0.15, 0.2) is 0 Å². The molecule has 3 heteroatoms. The van der Waals surface area contributed by atoms with Gasteiger partial charge in [0.25, 0.3) is 0 Å². The fourth-order valence-corrected chi connectivity index (χ4v) is 2.79. The van der Waals surface area contributed by atoms with Crippen molar-refractivity contribution in [2.45, 2.75) is 51.1 Å². The second kappa shape index (κ2) is 6.29. The van der Waals surface area contributed by atoms with Crippen LogP contribution in [0.25, 0.3) is 0 Å². The molecule has 1 aliphatic rings. The van der Waals surface area contributed by atoms with E-state index in [0.717, 1.165) is 18.0 Å². The molecule has 1 N–H and O–H groups in total. The summed E-state index contributed by atoms with van der Waals surface area (Å²) in [5, 5.41) is 3.71. The van der Waals surface area contributed by atoms with Gasteiger partial charge in [-0.3, -0.25) is 0 Å². The molecule has 0 atom stereocenters. The van der Waals surface area contributed by atoms with Crippen molar-refractivity contribution in [2.24, 2.45) is 0 Å². The molecule has 0 unspecified atom stereocenters. The molecule has 0 spiro atoms. The summed E-state index contributed by atoms with van der Waals surface area (Å²) >= 11 is 0. The van der Waals surface area contributed by atoms with Crippen molar-refractivity contribution in [3.63, 3.8) is 0 Å². The van der Waals surface area contributed by atoms with Crippen molar-refractivity contribution in [1.82, 2.24) is 5.32 Å². The van der Waals surface area contributed by atoms with Gasteiger partial charge in [-0.05, 0) is 37.5 Å². The average Bonchev–Trinajstić information content (AvgIpc) is 2.45. The van der Waals surface area contributed by atoms with E-state index in [9.17, 15) is 0 Å². The first-order valence-electron chi connectivity index (χ1n) is 7.12. The maximum atomic E-state index is 5.31. The van der Waals surface area contributed by atoms with Crippen LogP contribution in [0.1, 0.15) is 44.6 Å². The molecule has 0 bridgehead atoms. The summed E-state index contributed by atoms with van der Waals surface area (Å²) in [6.45, 7) is 3.20. The lowest BCUT2D eigenvalue weighted by Gasteiger charge is -2.35. The van der Waals surface area contributed by atoms with Crippen LogP contribution in [0.3, 0.4) is 0 Å². The van der Waals surface area contributed by atoms with E-state index in [1.165, 1.54) is 37.7 Å². The first-order valence-corrected chi connectivity index (χ1v) is 7.12.